The Morgan fingerprint density at radius 2 is 1.88 bits per heavy atom. The molecule has 26 heavy (non-hydrogen) atoms. The molecule has 1 aliphatic heterocycles. The average Bonchev–Trinajstić information content (AvgIpc) is 2.69. The molecule has 9 nitrogen and oxygen atoms in total. The lowest BCUT2D eigenvalue weighted by Crippen LogP contribution is -2.37. The van der Waals surface area contributed by atoms with E-state index in [4.69, 9.17) is 9.47 Å². The van der Waals surface area contributed by atoms with E-state index in [2.05, 4.69) is 30.4 Å². The molecule has 2 aromatic rings. The molecule has 138 valence electrons. The Bertz CT molecular complexity index is 743. The van der Waals surface area contributed by atoms with Gasteiger partial charge in [0.1, 0.15) is 5.75 Å². The number of hydrazone groups is 1. The van der Waals surface area contributed by atoms with E-state index in [1.807, 2.05) is 43.3 Å². The van der Waals surface area contributed by atoms with Crippen LogP contribution in [0.25, 0.3) is 0 Å². The van der Waals surface area contributed by atoms with Crippen molar-refractivity contribution < 1.29 is 9.47 Å². The molecule has 0 amide bonds. The minimum Gasteiger partial charge on any atom is -0.497 e. The number of rotatable bonds is 6. The molecule has 0 saturated carbocycles. The van der Waals surface area contributed by atoms with E-state index < -0.39 is 0 Å². The SMILES string of the molecule is COc1ccc(/C=N\Nc2nc(N(C)C)nc(N3CCOCC3)n2)cc1. The summed E-state index contributed by atoms with van der Waals surface area (Å²) >= 11 is 0. The normalized spacial score (nSPS) is 14.5. The fourth-order valence-electron chi connectivity index (χ4n) is 2.36. The maximum atomic E-state index is 5.39. The lowest BCUT2D eigenvalue weighted by molar-refractivity contribution is 0.122. The summed E-state index contributed by atoms with van der Waals surface area (Å²) in [5.41, 5.74) is 3.83. The summed E-state index contributed by atoms with van der Waals surface area (Å²) in [6.45, 7) is 2.85. The fourth-order valence-corrected chi connectivity index (χ4v) is 2.36. The van der Waals surface area contributed by atoms with Crippen molar-refractivity contribution in [3.63, 3.8) is 0 Å². The predicted octanol–water partition coefficient (Wildman–Crippen LogP) is 1.23. The molecule has 1 aromatic heterocycles. The van der Waals surface area contributed by atoms with E-state index in [1.54, 1.807) is 13.3 Å². The van der Waals surface area contributed by atoms with Crippen LogP contribution in [-0.2, 0) is 4.74 Å². The van der Waals surface area contributed by atoms with Crippen LogP contribution in [0.4, 0.5) is 17.8 Å². The molecule has 0 aliphatic carbocycles. The standard InChI is InChI=1S/C17H23N7O2/c1-23(2)16-19-15(20-17(21-16)24-8-10-26-11-9-24)22-18-12-13-4-6-14(25-3)7-5-13/h4-7,12H,8-11H2,1-3H3,(H,19,20,21,22)/b18-12-. The second kappa shape index (κ2) is 8.43. The van der Waals surface area contributed by atoms with E-state index in [-0.39, 0.29) is 0 Å². The highest BCUT2D eigenvalue weighted by Crippen LogP contribution is 2.16. The van der Waals surface area contributed by atoms with Crippen LogP contribution in [0.15, 0.2) is 29.4 Å². The molecule has 1 N–H and O–H groups in total. The van der Waals surface area contributed by atoms with Crippen LogP contribution < -0.4 is 20.0 Å². The summed E-state index contributed by atoms with van der Waals surface area (Å²) in [5.74, 6) is 2.39. The summed E-state index contributed by atoms with van der Waals surface area (Å²) in [6.07, 6.45) is 1.70. The van der Waals surface area contributed by atoms with Crippen LogP contribution in [0.2, 0.25) is 0 Å². The Balaban J connectivity index is 1.74. The first-order chi connectivity index (χ1) is 12.7. The number of nitrogens with one attached hydrogen (secondary N) is 1. The monoisotopic (exact) mass is 357 g/mol. The molecule has 1 saturated heterocycles. The Kier molecular flexibility index (Phi) is 5.80. The maximum absolute atomic E-state index is 5.39. The molecular weight excluding hydrogens is 334 g/mol. The van der Waals surface area contributed by atoms with Crippen LogP contribution in [0.1, 0.15) is 5.56 Å². The minimum absolute atomic E-state index is 0.398. The van der Waals surface area contributed by atoms with E-state index in [9.17, 15) is 0 Å². The van der Waals surface area contributed by atoms with Crippen molar-refractivity contribution in [3.8, 4) is 5.75 Å². The number of methoxy groups -OCH3 is 1. The molecule has 0 radical (unpaired) electrons. The number of ether oxygens (including phenoxy) is 2. The van der Waals surface area contributed by atoms with Gasteiger partial charge in [-0.2, -0.15) is 20.1 Å². The highest BCUT2D eigenvalue weighted by Gasteiger charge is 2.17. The molecule has 0 unspecified atom stereocenters. The van der Waals surface area contributed by atoms with Gasteiger partial charge in [0.15, 0.2) is 0 Å². The lowest BCUT2D eigenvalue weighted by Gasteiger charge is -2.27. The van der Waals surface area contributed by atoms with Crippen LogP contribution >= 0.6 is 0 Å². The summed E-state index contributed by atoms with van der Waals surface area (Å²) in [7, 11) is 5.42. The molecule has 9 heteroatoms. The summed E-state index contributed by atoms with van der Waals surface area (Å²) in [5, 5.41) is 4.22. The van der Waals surface area contributed by atoms with Gasteiger partial charge in [-0.25, -0.2) is 5.43 Å². The number of hydrogen-bond acceptors (Lipinski definition) is 9. The third-order valence-electron chi connectivity index (χ3n) is 3.80. The van der Waals surface area contributed by atoms with Gasteiger partial charge in [0.05, 0.1) is 26.5 Å². The van der Waals surface area contributed by atoms with Gasteiger partial charge in [-0.15, -0.1) is 0 Å². The van der Waals surface area contributed by atoms with E-state index >= 15 is 0 Å². The Labute approximate surface area is 152 Å². The zero-order valence-electron chi connectivity index (χ0n) is 15.2. The van der Waals surface area contributed by atoms with Crippen molar-refractivity contribution in [3.05, 3.63) is 29.8 Å². The number of hydrogen-bond donors (Lipinski definition) is 1. The number of anilines is 3. The summed E-state index contributed by atoms with van der Waals surface area (Å²) in [4.78, 5) is 17.3. The van der Waals surface area contributed by atoms with Gasteiger partial charge in [0.25, 0.3) is 0 Å². The average molecular weight is 357 g/mol. The van der Waals surface area contributed by atoms with Gasteiger partial charge in [-0.05, 0) is 29.8 Å². The van der Waals surface area contributed by atoms with E-state index in [0.29, 0.717) is 31.1 Å². The topological polar surface area (TPSA) is 88.0 Å². The van der Waals surface area contributed by atoms with Crippen LogP contribution in [0.3, 0.4) is 0 Å². The van der Waals surface area contributed by atoms with Crippen molar-refractivity contribution in [1.82, 2.24) is 15.0 Å². The third kappa shape index (κ3) is 4.57. The zero-order valence-corrected chi connectivity index (χ0v) is 15.2. The first-order valence-corrected chi connectivity index (χ1v) is 8.35. The highest BCUT2D eigenvalue weighted by molar-refractivity contribution is 5.80. The van der Waals surface area contributed by atoms with Crippen molar-refractivity contribution in [2.24, 2.45) is 5.10 Å². The second-order valence-electron chi connectivity index (χ2n) is 5.90. The molecule has 0 atom stereocenters. The van der Waals surface area contributed by atoms with Crippen LogP contribution in [0.5, 0.6) is 5.75 Å². The molecule has 0 bridgehead atoms. The summed E-state index contributed by atoms with van der Waals surface area (Å²) < 4.78 is 10.5. The molecule has 2 heterocycles. The smallest absolute Gasteiger partial charge is 0.250 e. The maximum Gasteiger partial charge on any atom is 0.250 e. The van der Waals surface area contributed by atoms with Crippen LogP contribution in [-0.4, -0.2) is 68.7 Å². The predicted molar refractivity (Wildman–Crippen MR) is 101 cm³/mol. The van der Waals surface area contributed by atoms with Gasteiger partial charge in [0.2, 0.25) is 17.8 Å². The van der Waals surface area contributed by atoms with Gasteiger partial charge in [-0.1, -0.05) is 0 Å². The van der Waals surface area contributed by atoms with Crippen LogP contribution in [0, 0.1) is 0 Å². The summed E-state index contributed by atoms with van der Waals surface area (Å²) in [6, 6.07) is 7.60. The Morgan fingerprint density at radius 3 is 2.54 bits per heavy atom. The quantitative estimate of drug-likeness (QED) is 0.610. The molecular formula is C17H23N7O2. The zero-order chi connectivity index (χ0) is 18.4. The first-order valence-electron chi connectivity index (χ1n) is 8.35. The van der Waals surface area contributed by atoms with Gasteiger partial charge < -0.3 is 19.3 Å². The second-order valence-corrected chi connectivity index (χ2v) is 5.90. The first kappa shape index (κ1) is 17.9. The molecule has 3 rings (SSSR count). The molecule has 1 aliphatic rings. The lowest BCUT2D eigenvalue weighted by atomic mass is 10.2. The molecule has 0 spiro atoms. The van der Waals surface area contributed by atoms with Gasteiger partial charge in [-0.3, -0.25) is 0 Å². The van der Waals surface area contributed by atoms with E-state index in [0.717, 1.165) is 24.4 Å². The number of aromatic nitrogens is 3. The number of benzene rings is 1. The largest absolute Gasteiger partial charge is 0.497 e. The molecule has 1 aromatic carbocycles. The highest BCUT2D eigenvalue weighted by atomic mass is 16.5. The minimum atomic E-state index is 0.398. The third-order valence-corrected chi connectivity index (χ3v) is 3.80. The number of nitrogens with zero attached hydrogens (tertiary/aromatic N) is 6. The van der Waals surface area contributed by atoms with Crippen molar-refractivity contribution >= 4 is 24.1 Å². The van der Waals surface area contributed by atoms with Crippen molar-refractivity contribution in [2.45, 2.75) is 0 Å². The van der Waals surface area contributed by atoms with E-state index in [1.165, 1.54) is 0 Å². The Morgan fingerprint density at radius 1 is 1.15 bits per heavy atom. The van der Waals surface area contributed by atoms with Gasteiger partial charge >= 0.3 is 0 Å². The van der Waals surface area contributed by atoms with Gasteiger partial charge in [0, 0.05) is 27.2 Å². The van der Waals surface area contributed by atoms with Crippen molar-refractivity contribution in [1.29, 1.82) is 0 Å². The van der Waals surface area contributed by atoms with Crippen molar-refractivity contribution in [2.75, 3.05) is 62.7 Å². The number of morpholine rings is 1. The fraction of sp³-hybridized carbons (Fsp3) is 0.412. The molecule has 1 fully saturated rings. The Hall–Kier alpha value is -2.94.